The van der Waals surface area contributed by atoms with Gasteiger partial charge in [0, 0.05) is 21.6 Å². The number of rotatable bonds is 5. The van der Waals surface area contributed by atoms with Gasteiger partial charge in [0.25, 0.3) is 0 Å². The van der Waals surface area contributed by atoms with E-state index in [0.29, 0.717) is 23.0 Å². The van der Waals surface area contributed by atoms with Crippen LogP contribution in [0.5, 0.6) is 0 Å². The Morgan fingerprint density at radius 1 is 1.19 bits per heavy atom. The summed E-state index contributed by atoms with van der Waals surface area (Å²) in [4.78, 5) is 13.7. The zero-order chi connectivity index (χ0) is 21.8. The van der Waals surface area contributed by atoms with Crippen molar-refractivity contribution in [1.29, 1.82) is 0 Å². The number of thiocarbonyl (C=S) groups is 1. The van der Waals surface area contributed by atoms with Crippen molar-refractivity contribution in [3.05, 3.63) is 62.6 Å². The second-order valence-corrected chi connectivity index (χ2v) is 9.79. The first-order chi connectivity index (χ1) is 15.0. The van der Waals surface area contributed by atoms with Gasteiger partial charge in [0.15, 0.2) is 10.9 Å². The Bertz CT molecular complexity index is 1090. The fourth-order valence-corrected chi connectivity index (χ4v) is 5.51. The Labute approximate surface area is 199 Å². The maximum absolute atomic E-state index is 12.5. The van der Waals surface area contributed by atoms with Crippen molar-refractivity contribution in [3.63, 3.8) is 0 Å². The van der Waals surface area contributed by atoms with Gasteiger partial charge in [-0.1, -0.05) is 34.5 Å². The van der Waals surface area contributed by atoms with Gasteiger partial charge < -0.3 is 15.4 Å². The number of benzene rings is 1. The third kappa shape index (κ3) is 5.34. The summed E-state index contributed by atoms with van der Waals surface area (Å²) in [5, 5.41) is 12.0. The van der Waals surface area contributed by atoms with E-state index in [9.17, 15) is 4.79 Å². The van der Waals surface area contributed by atoms with E-state index >= 15 is 0 Å². The molecule has 0 saturated carbocycles. The molecule has 0 saturated heterocycles. The molecule has 6 nitrogen and oxygen atoms in total. The van der Waals surface area contributed by atoms with Crippen LogP contribution in [0.1, 0.15) is 45.6 Å². The molecule has 3 aromatic rings. The number of aryl methyl sites for hydroxylation is 1. The number of halogens is 1. The number of anilines is 2. The predicted molar refractivity (Wildman–Crippen MR) is 132 cm³/mol. The molecule has 1 aliphatic carbocycles. The molecule has 2 aromatic heterocycles. The van der Waals surface area contributed by atoms with Crippen LogP contribution in [-0.4, -0.2) is 28.0 Å². The number of fused-ring (bicyclic) bond motifs is 1. The number of nitrogens with one attached hydrogen (secondary N) is 2. The van der Waals surface area contributed by atoms with Crippen molar-refractivity contribution in [2.45, 2.75) is 38.6 Å². The molecule has 0 atom stereocenters. The highest BCUT2D eigenvalue weighted by Gasteiger charge is 2.25. The lowest BCUT2D eigenvalue weighted by atomic mass is 10.1. The normalized spacial score (nSPS) is 13.2. The summed E-state index contributed by atoms with van der Waals surface area (Å²) < 4.78 is 7.95. The summed E-state index contributed by atoms with van der Waals surface area (Å²) in [6.07, 6.45) is 7.22. The summed E-state index contributed by atoms with van der Waals surface area (Å²) >= 11 is 10.5. The number of esters is 1. The molecule has 0 unspecified atom stereocenters. The highest BCUT2D eigenvalue weighted by molar-refractivity contribution is 9.10. The van der Waals surface area contributed by atoms with E-state index in [1.807, 2.05) is 29.1 Å². The zero-order valence-electron chi connectivity index (χ0n) is 17.1. The van der Waals surface area contributed by atoms with Crippen LogP contribution in [0.25, 0.3) is 0 Å². The van der Waals surface area contributed by atoms with Crippen LogP contribution < -0.4 is 10.6 Å². The number of hydrogen-bond donors (Lipinski definition) is 2. The molecule has 162 valence electrons. The van der Waals surface area contributed by atoms with Gasteiger partial charge in [-0.2, -0.15) is 5.10 Å². The molecule has 0 aliphatic heterocycles. The van der Waals surface area contributed by atoms with Crippen LogP contribution in [0.3, 0.4) is 0 Å². The minimum Gasteiger partial charge on any atom is -0.465 e. The number of ether oxygens (including phenoxy) is 1. The summed E-state index contributed by atoms with van der Waals surface area (Å²) in [6, 6.07) is 10.0. The smallest absolute Gasteiger partial charge is 0.341 e. The van der Waals surface area contributed by atoms with Gasteiger partial charge in [0.1, 0.15) is 5.00 Å². The summed E-state index contributed by atoms with van der Waals surface area (Å²) in [5.41, 5.74) is 2.88. The van der Waals surface area contributed by atoms with Gasteiger partial charge in [0.05, 0.1) is 19.2 Å². The molecule has 9 heteroatoms. The number of nitrogens with zero attached hydrogens (tertiary/aromatic N) is 2. The molecule has 2 heterocycles. The van der Waals surface area contributed by atoms with Crippen molar-refractivity contribution in [2.75, 3.05) is 17.7 Å². The minimum atomic E-state index is -0.316. The van der Waals surface area contributed by atoms with E-state index in [2.05, 4.69) is 43.8 Å². The Balaban J connectivity index is 1.45. The molecule has 1 aromatic carbocycles. The second kappa shape index (κ2) is 9.93. The largest absolute Gasteiger partial charge is 0.465 e. The molecule has 4 rings (SSSR count). The number of carbonyl (C=O) groups excluding carboxylic acids is 1. The van der Waals surface area contributed by atoms with Crippen molar-refractivity contribution in [3.8, 4) is 0 Å². The maximum Gasteiger partial charge on any atom is 0.341 e. The Kier molecular flexibility index (Phi) is 7.04. The molecule has 0 spiro atoms. The fraction of sp³-hybridized carbons (Fsp3) is 0.318. The molecular weight excluding hydrogens is 496 g/mol. The summed E-state index contributed by atoms with van der Waals surface area (Å²) in [5.74, 6) is 0.329. The minimum absolute atomic E-state index is 0.316. The Morgan fingerprint density at radius 2 is 1.97 bits per heavy atom. The first-order valence-corrected chi connectivity index (χ1v) is 12.1. The van der Waals surface area contributed by atoms with E-state index in [4.69, 9.17) is 17.0 Å². The van der Waals surface area contributed by atoms with Crippen LogP contribution in [0.2, 0.25) is 0 Å². The highest BCUT2D eigenvalue weighted by Crippen LogP contribution is 2.38. The number of aromatic nitrogens is 2. The topological polar surface area (TPSA) is 68.2 Å². The average Bonchev–Trinajstić information content (AvgIpc) is 3.25. The van der Waals surface area contributed by atoms with Crippen molar-refractivity contribution < 1.29 is 9.53 Å². The van der Waals surface area contributed by atoms with Crippen LogP contribution in [0.4, 0.5) is 10.8 Å². The molecule has 0 amide bonds. The van der Waals surface area contributed by atoms with Crippen molar-refractivity contribution in [1.82, 2.24) is 9.78 Å². The number of thiophene rings is 1. The van der Waals surface area contributed by atoms with E-state index in [-0.39, 0.29) is 5.97 Å². The summed E-state index contributed by atoms with van der Waals surface area (Å²) in [6.45, 7) is 0.666. The van der Waals surface area contributed by atoms with Gasteiger partial charge in [-0.3, -0.25) is 4.68 Å². The first-order valence-electron chi connectivity index (χ1n) is 10.1. The highest BCUT2D eigenvalue weighted by atomic mass is 79.9. The van der Waals surface area contributed by atoms with Gasteiger partial charge in [0.2, 0.25) is 0 Å². The lowest BCUT2D eigenvalue weighted by molar-refractivity contribution is 0.0601. The molecule has 0 radical (unpaired) electrons. The fourth-order valence-electron chi connectivity index (χ4n) is 3.69. The Hall–Kier alpha value is -2.23. The van der Waals surface area contributed by atoms with Gasteiger partial charge in [-0.15, -0.1) is 11.3 Å². The van der Waals surface area contributed by atoms with Gasteiger partial charge in [-0.05, 0) is 61.2 Å². The Morgan fingerprint density at radius 3 is 2.74 bits per heavy atom. The average molecular weight is 519 g/mol. The zero-order valence-corrected chi connectivity index (χ0v) is 20.3. The third-order valence-electron chi connectivity index (χ3n) is 5.18. The van der Waals surface area contributed by atoms with Crippen LogP contribution in [-0.2, 0) is 24.1 Å². The first kappa shape index (κ1) is 22.0. The number of hydrogen-bond acceptors (Lipinski definition) is 5. The van der Waals surface area contributed by atoms with Gasteiger partial charge >= 0.3 is 5.97 Å². The molecular formula is C22H23BrN4O2S2. The SMILES string of the molecule is COC(=O)c1c(NC(=S)Nc2ccn(Cc3ccc(Br)cc3)n2)sc2c1CCCCC2. The number of methoxy groups -OCH3 is 1. The van der Waals surface area contributed by atoms with E-state index < -0.39 is 0 Å². The lowest BCUT2D eigenvalue weighted by Gasteiger charge is -2.10. The molecule has 0 fully saturated rings. The monoisotopic (exact) mass is 518 g/mol. The predicted octanol–water partition coefficient (Wildman–Crippen LogP) is 5.62. The molecule has 2 N–H and O–H groups in total. The lowest BCUT2D eigenvalue weighted by Crippen LogP contribution is -2.20. The quantitative estimate of drug-likeness (QED) is 0.259. The second-order valence-electron chi connectivity index (χ2n) is 7.36. The van der Waals surface area contributed by atoms with Crippen LogP contribution in [0, 0.1) is 0 Å². The number of carbonyl (C=O) groups is 1. The van der Waals surface area contributed by atoms with Crippen LogP contribution >= 0.6 is 39.5 Å². The third-order valence-corrected chi connectivity index (χ3v) is 7.12. The summed E-state index contributed by atoms with van der Waals surface area (Å²) in [7, 11) is 1.42. The standard InChI is InChI=1S/C22H23BrN4O2S2/c1-29-21(28)19-16-5-3-2-4-6-17(16)31-20(19)25-22(30)24-18-11-12-27(26-18)13-14-7-9-15(23)10-8-14/h7-12H,2-6,13H2,1H3,(H2,24,25,26,30). The van der Waals surface area contributed by atoms with E-state index in [1.54, 1.807) is 11.3 Å². The van der Waals surface area contributed by atoms with Crippen molar-refractivity contribution in [2.24, 2.45) is 0 Å². The molecule has 0 bridgehead atoms. The maximum atomic E-state index is 12.5. The van der Waals surface area contributed by atoms with Crippen LogP contribution in [0.15, 0.2) is 41.0 Å². The van der Waals surface area contributed by atoms with E-state index in [1.165, 1.54) is 18.4 Å². The van der Waals surface area contributed by atoms with E-state index in [0.717, 1.165) is 46.3 Å². The molecule has 1 aliphatic rings. The molecule has 31 heavy (non-hydrogen) atoms. The van der Waals surface area contributed by atoms with Gasteiger partial charge in [-0.25, -0.2) is 4.79 Å². The van der Waals surface area contributed by atoms with Crippen molar-refractivity contribution >= 4 is 61.4 Å².